The Kier molecular flexibility index (Phi) is 4.80. The highest BCUT2D eigenvalue weighted by molar-refractivity contribution is 5.79. The van der Waals surface area contributed by atoms with Gasteiger partial charge in [-0.25, -0.2) is 4.98 Å². The van der Waals surface area contributed by atoms with Crippen LogP contribution in [0.3, 0.4) is 0 Å². The fourth-order valence-electron chi connectivity index (χ4n) is 3.78. The molecule has 0 bridgehead atoms. The van der Waals surface area contributed by atoms with Gasteiger partial charge in [0, 0.05) is 23.1 Å². The summed E-state index contributed by atoms with van der Waals surface area (Å²) in [5, 5.41) is 15.1. The molecule has 31 heavy (non-hydrogen) atoms. The number of nitrogens with zero attached hydrogens (tertiary/aromatic N) is 4. The Morgan fingerprint density at radius 2 is 1.65 bits per heavy atom. The Morgan fingerprint density at radius 3 is 2.39 bits per heavy atom. The van der Waals surface area contributed by atoms with E-state index >= 15 is 0 Å². The molecule has 0 spiro atoms. The molecule has 6 nitrogen and oxygen atoms in total. The molecule has 0 radical (unpaired) electrons. The first-order valence-electron chi connectivity index (χ1n) is 9.94. The van der Waals surface area contributed by atoms with Gasteiger partial charge in [0.05, 0.1) is 18.5 Å². The zero-order valence-corrected chi connectivity index (χ0v) is 16.9. The minimum absolute atomic E-state index is 0.175. The molecule has 0 aliphatic carbocycles. The predicted molar refractivity (Wildman–Crippen MR) is 119 cm³/mol. The van der Waals surface area contributed by atoms with Gasteiger partial charge in [0.1, 0.15) is 17.8 Å². The van der Waals surface area contributed by atoms with E-state index in [4.69, 9.17) is 9.72 Å². The molecule has 0 aliphatic heterocycles. The Hall–Kier alpha value is -4.19. The van der Waals surface area contributed by atoms with Crippen LogP contribution < -0.4 is 4.74 Å². The molecule has 0 saturated carbocycles. The number of phenols is 1. The summed E-state index contributed by atoms with van der Waals surface area (Å²) in [6.45, 7) is 0. The van der Waals surface area contributed by atoms with Crippen molar-refractivity contribution in [2.45, 2.75) is 6.42 Å². The number of methoxy groups -OCH3 is 1. The van der Waals surface area contributed by atoms with Crippen LogP contribution in [0.2, 0.25) is 0 Å². The van der Waals surface area contributed by atoms with Crippen molar-refractivity contribution in [3.05, 3.63) is 96.3 Å². The van der Waals surface area contributed by atoms with Crippen LogP contribution in [0.1, 0.15) is 11.1 Å². The van der Waals surface area contributed by atoms with Gasteiger partial charge in [-0.2, -0.15) is 14.6 Å². The third-order valence-electron chi connectivity index (χ3n) is 5.27. The fourth-order valence-corrected chi connectivity index (χ4v) is 3.78. The van der Waals surface area contributed by atoms with Crippen molar-refractivity contribution in [2.75, 3.05) is 7.11 Å². The molecular weight excluding hydrogens is 388 g/mol. The summed E-state index contributed by atoms with van der Waals surface area (Å²) in [5.74, 6) is 1.46. The summed E-state index contributed by atoms with van der Waals surface area (Å²) in [5.41, 5.74) is 5.30. The van der Waals surface area contributed by atoms with E-state index in [0.717, 1.165) is 28.1 Å². The zero-order valence-electron chi connectivity index (χ0n) is 16.9. The third kappa shape index (κ3) is 3.48. The summed E-state index contributed by atoms with van der Waals surface area (Å²) in [6.07, 6.45) is 2.10. The Morgan fingerprint density at radius 1 is 0.903 bits per heavy atom. The maximum absolute atomic E-state index is 10.6. The van der Waals surface area contributed by atoms with Crippen LogP contribution in [0.5, 0.6) is 11.5 Å². The van der Waals surface area contributed by atoms with Crippen LogP contribution in [-0.2, 0) is 6.42 Å². The number of hydrogen-bond acceptors (Lipinski definition) is 5. The molecule has 0 atom stereocenters. The summed E-state index contributed by atoms with van der Waals surface area (Å²) in [4.78, 5) is 9.12. The normalized spacial score (nSPS) is 11.0. The largest absolute Gasteiger partial charge is 0.507 e. The van der Waals surface area contributed by atoms with E-state index in [-0.39, 0.29) is 5.75 Å². The standard InChI is InChI=1S/C25H20N4O2/c1-31-19-13-11-17(12-14-19)15-21-23(20-9-5-6-10-22(20)30)28-25-26-16-27-29(25)24(21)18-7-3-2-4-8-18/h2-14,16,30H,15H2,1H3. The maximum atomic E-state index is 10.6. The topological polar surface area (TPSA) is 72.5 Å². The average molecular weight is 408 g/mol. The van der Waals surface area contributed by atoms with Crippen LogP contribution >= 0.6 is 0 Å². The summed E-state index contributed by atoms with van der Waals surface area (Å²) in [7, 11) is 1.65. The first-order chi connectivity index (χ1) is 15.2. The second kappa shape index (κ2) is 7.91. The van der Waals surface area contributed by atoms with Gasteiger partial charge >= 0.3 is 0 Å². The zero-order chi connectivity index (χ0) is 21.2. The van der Waals surface area contributed by atoms with Crippen molar-refractivity contribution in [3.8, 4) is 34.0 Å². The third-order valence-corrected chi connectivity index (χ3v) is 5.27. The Labute approximate surface area is 179 Å². The molecule has 5 rings (SSSR count). The molecule has 0 saturated heterocycles. The molecule has 1 N–H and O–H groups in total. The molecular formula is C25H20N4O2. The van der Waals surface area contributed by atoms with Crippen molar-refractivity contribution in [1.82, 2.24) is 19.6 Å². The van der Waals surface area contributed by atoms with E-state index < -0.39 is 0 Å². The number of aromatic nitrogens is 4. The number of benzene rings is 3. The van der Waals surface area contributed by atoms with Crippen molar-refractivity contribution >= 4 is 5.78 Å². The van der Waals surface area contributed by atoms with E-state index in [0.29, 0.717) is 23.5 Å². The SMILES string of the molecule is COc1ccc(Cc2c(-c3ccccc3O)nc3ncnn3c2-c2ccccc2)cc1. The highest BCUT2D eigenvalue weighted by atomic mass is 16.5. The first kappa shape index (κ1) is 18.8. The van der Waals surface area contributed by atoms with Crippen LogP contribution in [0.15, 0.2) is 85.2 Å². The monoisotopic (exact) mass is 408 g/mol. The van der Waals surface area contributed by atoms with Crippen molar-refractivity contribution in [3.63, 3.8) is 0 Å². The number of ether oxygens (including phenoxy) is 1. The molecule has 3 aromatic carbocycles. The first-order valence-corrected chi connectivity index (χ1v) is 9.94. The number of hydrogen-bond donors (Lipinski definition) is 1. The molecule has 2 aromatic heterocycles. The van der Waals surface area contributed by atoms with Gasteiger partial charge in [0.2, 0.25) is 0 Å². The van der Waals surface area contributed by atoms with Crippen LogP contribution in [0.25, 0.3) is 28.3 Å². The van der Waals surface area contributed by atoms with Gasteiger partial charge in [-0.1, -0.05) is 54.6 Å². The molecule has 5 aromatic rings. The lowest BCUT2D eigenvalue weighted by atomic mass is 9.94. The molecule has 0 amide bonds. The van der Waals surface area contributed by atoms with Crippen LogP contribution in [-0.4, -0.2) is 31.8 Å². The lowest BCUT2D eigenvalue weighted by molar-refractivity contribution is 0.414. The fraction of sp³-hybridized carbons (Fsp3) is 0.0800. The van der Waals surface area contributed by atoms with Crippen molar-refractivity contribution < 1.29 is 9.84 Å². The van der Waals surface area contributed by atoms with Gasteiger partial charge in [-0.3, -0.25) is 0 Å². The number of phenolic OH excluding ortho intramolecular Hbond substituents is 1. The minimum Gasteiger partial charge on any atom is -0.507 e. The lowest BCUT2D eigenvalue weighted by Gasteiger charge is -2.17. The maximum Gasteiger partial charge on any atom is 0.253 e. The number of aromatic hydroxyl groups is 1. The van der Waals surface area contributed by atoms with Gasteiger partial charge in [-0.05, 0) is 29.8 Å². The quantitative estimate of drug-likeness (QED) is 0.454. The van der Waals surface area contributed by atoms with E-state index in [9.17, 15) is 5.11 Å². The van der Waals surface area contributed by atoms with E-state index in [1.165, 1.54) is 6.33 Å². The molecule has 2 heterocycles. The molecule has 0 unspecified atom stereocenters. The number of para-hydroxylation sites is 1. The van der Waals surface area contributed by atoms with E-state index in [1.54, 1.807) is 23.8 Å². The van der Waals surface area contributed by atoms with Gasteiger partial charge in [0.25, 0.3) is 5.78 Å². The van der Waals surface area contributed by atoms with Crippen molar-refractivity contribution in [2.24, 2.45) is 0 Å². The minimum atomic E-state index is 0.175. The van der Waals surface area contributed by atoms with Gasteiger partial charge < -0.3 is 9.84 Å². The average Bonchev–Trinajstić information content (AvgIpc) is 3.28. The van der Waals surface area contributed by atoms with Crippen LogP contribution in [0.4, 0.5) is 0 Å². The lowest BCUT2D eigenvalue weighted by Crippen LogP contribution is -2.07. The van der Waals surface area contributed by atoms with E-state index in [2.05, 4.69) is 10.1 Å². The number of fused-ring (bicyclic) bond motifs is 1. The molecule has 0 aliphatic rings. The van der Waals surface area contributed by atoms with Gasteiger partial charge in [-0.15, -0.1) is 0 Å². The smallest absolute Gasteiger partial charge is 0.253 e. The molecule has 152 valence electrons. The second-order valence-electron chi connectivity index (χ2n) is 7.17. The van der Waals surface area contributed by atoms with E-state index in [1.807, 2.05) is 66.7 Å². The Balaban J connectivity index is 1.80. The number of rotatable bonds is 5. The van der Waals surface area contributed by atoms with Crippen molar-refractivity contribution in [1.29, 1.82) is 0 Å². The van der Waals surface area contributed by atoms with Gasteiger partial charge in [0.15, 0.2) is 0 Å². The highest BCUT2D eigenvalue weighted by Crippen LogP contribution is 2.36. The Bertz CT molecular complexity index is 1350. The summed E-state index contributed by atoms with van der Waals surface area (Å²) >= 11 is 0. The predicted octanol–water partition coefficient (Wildman–Crippen LogP) is 4.76. The summed E-state index contributed by atoms with van der Waals surface area (Å²) in [6, 6.07) is 25.3. The molecule has 6 heteroatoms. The highest BCUT2D eigenvalue weighted by Gasteiger charge is 2.21. The van der Waals surface area contributed by atoms with Crippen LogP contribution in [0, 0.1) is 0 Å². The second-order valence-corrected chi connectivity index (χ2v) is 7.17. The molecule has 0 fully saturated rings. The summed E-state index contributed by atoms with van der Waals surface area (Å²) < 4.78 is 7.06.